The van der Waals surface area contributed by atoms with Crippen LogP contribution in [0.5, 0.6) is 0 Å². The number of benzene rings is 1. The van der Waals surface area contributed by atoms with Crippen molar-refractivity contribution in [3.05, 3.63) is 35.4 Å². The van der Waals surface area contributed by atoms with Crippen LogP contribution in [0, 0.1) is 5.92 Å². The zero-order valence-corrected chi connectivity index (χ0v) is 12.1. The van der Waals surface area contributed by atoms with Gasteiger partial charge in [-0.1, -0.05) is 31.2 Å². The van der Waals surface area contributed by atoms with E-state index >= 15 is 0 Å². The van der Waals surface area contributed by atoms with Gasteiger partial charge in [0.25, 0.3) is 0 Å². The van der Waals surface area contributed by atoms with E-state index in [2.05, 4.69) is 36.1 Å². The summed E-state index contributed by atoms with van der Waals surface area (Å²) in [6.07, 6.45) is 4.77. The molecule has 2 aliphatic rings. The maximum atomic E-state index is 11.2. The Morgan fingerprint density at radius 2 is 1.90 bits per heavy atom. The Kier molecular flexibility index (Phi) is 3.79. The maximum Gasteiger partial charge on any atom is 0.317 e. The molecule has 0 saturated heterocycles. The second kappa shape index (κ2) is 5.57. The lowest BCUT2D eigenvalue weighted by molar-refractivity contribution is -0.139. The first-order valence-electron chi connectivity index (χ1n) is 7.70. The highest BCUT2D eigenvalue weighted by molar-refractivity contribution is 5.69. The summed E-state index contributed by atoms with van der Waals surface area (Å²) < 4.78 is 0. The first-order chi connectivity index (χ1) is 9.65. The van der Waals surface area contributed by atoms with Gasteiger partial charge in [0, 0.05) is 12.6 Å². The third-order valence-electron chi connectivity index (χ3n) is 4.73. The van der Waals surface area contributed by atoms with Gasteiger partial charge < -0.3 is 5.11 Å². The van der Waals surface area contributed by atoms with Crippen molar-refractivity contribution in [2.45, 2.75) is 44.6 Å². The van der Waals surface area contributed by atoms with Gasteiger partial charge in [0.1, 0.15) is 0 Å². The molecule has 3 nitrogen and oxygen atoms in total. The SMILES string of the molecule is CC1CCC(N(CC(=O)O)CC2CC2)c2ccccc21. The third kappa shape index (κ3) is 2.88. The van der Waals surface area contributed by atoms with Crippen LogP contribution in [-0.4, -0.2) is 29.1 Å². The minimum atomic E-state index is -0.707. The fraction of sp³-hybridized carbons (Fsp3) is 0.588. The first kappa shape index (κ1) is 13.6. The molecule has 0 heterocycles. The molecule has 3 rings (SSSR count). The maximum absolute atomic E-state index is 11.2. The molecule has 2 aliphatic carbocycles. The molecule has 0 aliphatic heterocycles. The van der Waals surface area contributed by atoms with Gasteiger partial charge in [0.2, 0.25) is 0 Å². The van der Waals surface area contributed by atoms with Gasteiger partial charge in [-0.2, -0.15) is 0 Å². The van der Waals surface area contributed by atoms with Gasteiger partial charge in [-0.25, -0.2) is 0 Å². The molecular weight excluding hydrogens is 250 g/mol. The summed E-state index contributed by atoms with van der Waals surface area (Å²) in [5.41, 5.74) is 2.77. The van der Waals surface area contributed by atoms with Gasteiger partial charge in [0.15, 0.2) is 0 Å². The molecule has 108 valence electrons. The molecule has 0 amide bonds. The molecule has 2 atom stereocenters. The summed E-state index contributed by atoms with van der Waals surface area (Å²) in [5, 5.41) is 9.21. The monoisotopic (exact) mass is 273 g/mol. The minimum Gasteiger partial charge on any atom is -0.480 e. The van der Waals surface area contributed by atoms with Gasteiger partial charge >= 0.3 is 5.97 Å². The third-order valence-corrected chi connectivity index (χ3v) is 4.73. The summed E-state index contributed by atoms with van der Waals surface area (Å²) in [6, 6.07) is 8.87. The number of nitrogens with zero attached hydrogens (tertiary/aromatic N) is 1. The van der Waals surface area contributed by atoms with Crippen molar-refractivity contribution in [2.75, 3.05) is 13.1 Å². The minimum absolute atomic E-state index is 0.171. The fourth-order valence-corrected chi connectivity index (χ4v) is 3.47. The number of rotatable bonds is 5. The Bertz CT molecular complexity index is 496. The van der Waals surface area contributed by atoms with Gasteiger partial charge in [-0.3, -0.25) is 9.69 Å². The molecule has 1 N–H and O–H groups in total. The Morgan fingerprint density at radius 1 is 1.20 bits per heavy atom. The molecule has 1 aromatic rings. The first-order valence-corrected chi connectivity index (χ1v) is 7.70. The van der Waals surface area contributed by atoms with Crippen molar-refractivity contribution in [1.29, 1.82) is 0 Å². The fourth-order valence-electron chi connectivity index (χ4n) is 3.47. The number of hydrogen-bond donors (Lipinski definition) is 1. The van der Waals surface area contributed by atoms with Crippen LogP contribution < -0.4 is 0 Å². The second-order valence-corrected chi connectivity index (χ2v) is 6.39. The number of fused-ring (bicyclic) bond motifs is 1. The van der Waals surface area contributed by atoms with E-state index in [0.29, 0.717) is 12.0 Å². The van der Waals surface area contributed by atoms with Crippen molar-refractivity contribution in [3.63, 3.8) is 0 Å². The lowest BCUT2D eigenvalue weighted by atomic mass is 9.80. The topological polar surface area (TPSA) is 40.5 Å². The molecule has 0 aromatic heterocycles. The predicted molar refractivity (Wildman–Crippen MR) is 78.8 cm³/mol. The molecule has 1 aromatic carbocycles. The van der Waals surface area contributed by atoms with Crippen LogP contribution in [0.4, 0.5) is 0 Å². The summed E-state index contributed by atoms with van der Waals surface area (Å²) in [5.74, 6) is 0.609. The summed E-state index contributed by atoms with van der Waals surface area (Å²) in [7, 11) is 0. The van der Waals surface area contributed by atoms with E-state index in [9.17, 15) is 9.90 Å². The van der Waals surface area contributed by atoms with Crippen LogP contribution in [0.3, 0.4) is 0 Å². The zero-order valence-electron chi connectivity index (χ0n) is 12.1. The quantitative estimate of drug-likeness (QED) is 0.893. The lowest BCUT2D eigenvalue weighted by Crippen LogP contribution is -2.37. The Labute approximate surface area is 120 Å². The molecule has 3 heteroatoms. The number of carbonyl (C=O) groups is 1. The van der Waals surface area contributed by atoms with Crippen molar-refractivity contribution in [1.82, 2.24) is 4.90 Å². The van der Waals surface area contributed by atoms with Crippen LogP contribution in [0.1, 0.15) is 55.7 Å². The van der Waals surface area contributed by atoms with Crippen molar-refractivity contribution in [3.8, 4) is 0 Å². The average Bonchev–Trinajstić information content (AvgIpc) is 3.22. The average molecular weight is 273 g/mol. The Morgan fingerprint density at radius 3 is 2.55 bits per heavy atom. The van der Waals surface area contributed by atoms with Crippen molar-refractivity contribution in [2.24, 2.45) is 5.92 Å². The molecule has 20 heavy (non-hydrogen) atoms. The van der Waals surface area contributed by atoms with Crippen molar-refractivity contribution >= 4 is 5.97 Å². The molecule has 1 fully saturated rings. The molecule has 1 saturated carbocycles. The van der Waals surface area contributed by atoms with E-state index in [1.54, 1.807) is 0 Å². The van der Waals surface area contributed by atoms with E-state index in [1.807, 2.05) is 0 Å². The molecule has 0 spiro atoms. The molecule has 2 unspecified atom stereocenters. The smallest absolute Gasteiger partial charge is 0.317 e. The zero-order chi connectivity index (χ0) is 14.1. The number of carboxylic acid groups (broad SMARTS) is 1. The van der Waals surface area contributed by atoms with Crippen LogP contribution >= 0.6 is 0 Å². The standard InChI is InChI=1S/C17H23NO2/c1-12-6-9-16(15-5-3-2-4-14(12)15)18(11-17(19)20)10-13-7-8-13/h2-5,12-13,16H,6-11H2,1H3,(H,19,20). The van der Waals surface area contributed by atoms with E-state index in [4.69, 9.17) is 0 Å². The highest BCUT2D eigenvalue weighted by Gasteiger charge is 2.33. The number of hydrogen-bond acceptors (Lipinski definition) is 2. The Hall–Kier alpha value is -1.35. The van der Waals surface area contributed by atoms with Crippen LogP contribution in [0.2, 0.25) is 0 Å². The number of aliphatic carboxylic acids is 1. The van der Waals surface area contributed by atoms with Gasteiger partial charge in [-0.15, -0.1) is 0 Å². The number of carboxylic acids is 1. The Balaban J connectivity index is 1.86. The molecule has 0 bridgehead atoms. The second-order valence-electron chi connectivity index (χ2n) is 6.39. The molecule has 0 radical (unpaired) electrons. The summed E-state index contributed by atoms with van der Waals surface area (Å²) in [6.45, 7) is 3.39. The highest BCUT2D eigenvalue weighted by Crippen LogP contribution is 2.41. The van der Waals surface area contributed by atoms with Crippen LogP contribution in [0.15, 0.2) is 24.3 Å². The normalized spacial score (nSPS) is 25.5. The van der Waals surface area contributed by atoms with E-state index in [1.165, 1.54) is 24.0 Å². The largest absolute Gasteiger partial charge is 0.480 e. The summed E-state index contributed by atoms with van der Waals surface area (Å²) in [4.78, 5) is 13.4. The van der Waals surface area contributed by atoms with Gasteiger partial charge in [-0.05, 0) is 48.6 Å². The molecular formula is C17H23NO2. The lowest BCUT2D eigenvalue weighted by Gasteiger charge is -2.37. The van der Waals surface area contributed by atoms with Crippen molar-refractivity contribution < 1.29 is 9.90 Å². The predicted octanol–water partition coefficient (Wildman–Crippen LogP) is 3.42. The van der Waals surface area contributed by atoms with E-state index < -0.39 is 5.97 Å². The van der Waals surface area contributed by atoms with E-state index in [-0.39, 0.29) is 6.54 Å². The van der Waals surface area contributed by atoms with Crippen LogP contribution in [0.25, 0.3) is 0 Å². The van der Waals surface area contributed by atoms with Gasteiger partial charge in [0.05, 0.1) is 6.54 Å². The summed E-state index contributed by atoms with van der Waals surface area (Å²) >= 11 is 0. The van der Waals surface area contributed by atoms with E-state index in [0.717, 1.165) is 25.3 Å². The highest BCUT2D eigenvalue weighted by atomic mass is 16.4. The van der Waals surface area contributed by atoms with Crippen LogP contribution in [-0.2, 0) is 4.79 Å².